The Hall–Kier alpha value is -1.69. The second kappa shape index (κ2) is 6.17. The lowest BCUT2D eigenvalue weighted by atomic mass is 10.1. The molecule has 0 atom stereocenters. The maximum absolute atomic E-state index is 12.3. The van der Waals surface area contributed by atoms with Gasteiger partial charge in [0.25, 0.3) is 5.76 Å². The molecule has 0 bridgehead atoms. The normalized spacial score (nSPS) is 10.9. The first-order valence-corrected chi connectivity index (χ1v) is 6.97. The van der Waals surface area contributed by atoms with E-state index in [0.717, 1.165) is 22.6 Å². The van der Waals surface area contributed by atoms with Crippen molar-refractivity contribution < 1.29 is 8.78 Å². The number of alkyl halides is 2. The number of nitrogens with one attached hydrogen (secondary N) is 1. The Bertz CT molecular complexity index is 600. The molecule has 0 spiro atoms. The van der Waals surface area contributed by atoms with Crippen molar-refractivity contribution >= 4 is 17.6 Å². The molecule has 0 aliphatic carbocycles. The average molecular weight is 295 g/mol. The first-order valence-electron chi connectivity index (χ1n) is 6.09. The maximum atomic E-state index is 12.3. The molecule has 0 saturated heterocycles. The zero-order valence-corrected chi connectivity index (χ0v) is 12.3. The summed E-state index contributed by atoms with van der Waals surface area (Å²) in [7, 11) is 1.78. The third kappa shape index (κ3) is 3.25. The molecule has 106 valence electrons. The van der Waals surface area contributed by atoms with Crippen molar-refractivity contribution in [2.75, 3.05) is 12.4 Å². The number of nitrogens with zero attached hydrogens (tertiary/aromatic N) is 2. The molecular weight excluding hydrogens is 280 g/mol. The van der Waals surface area contributed by atoms with Gasteiger partial charge < -0.3 is 5.32 Å². The number of halogens is 2. The van der Waals surface area contributed by atoms with E-state index in [9.17, 15) is 8.78 Å². The van der Waals surface area contributed by atoms with Crippen LogP contribution in [0.4, 0.5) is 14.6 Å². The lowest BCUT2D eigenvalue weighted by Gasteiger charge is -2.11. The summed E-state index contributed by atoms with van der Waals surface area (Å²) >= 11 is 0.533. The topological polar surface area (TPSA) is 37.8 Å². The third-order valence-corrected chi connectivity index (χ3v) is 3.62. The van der Waals surface area contributed by atoms with Crippen molar-refractivity contribution in [3.05, 3.63) is 35.7 Å². The molecule has 3 nitrogen and oxygen atoms in total. The zero-order valence-electron chi connectivity index (χ0n) is 11.4. The van der Waals surface area contributed by atoms with Crippen LogP contribution in [0.15, 0.2) is 29.2 Å². The van der Waals surface area contributed by atoms with Gasteiger partial charge in [0.1, 0.15) is 5.69 Å². The second-order valence-corrected chi connectivity index (χ2v) is 5.31. The van der Waals surface area contributed by atoms with Crippen LogP contribution in [-0.4, -0.2) is 22.8 Å². The highest BCUT2D eigenvalue weighted by Crippen LogP contribution is 2.30. The lowest BCUT2D eigenvalue weighted by molar-refractivity contribution is 0.252. The van der Waals surface area contributed by atoms with Crippen molar-refractivity contribution in [1.29, 1.82) is 0 Å². The Morgan fingerprint density at radius 2 is 1.65 bits per heavy atom. The van der Waals surface area contributed by atoms with E-state index in [1.54, 1.807) is 31.3 Å². The summed E-state index contributed by atoms with van der Waals surface area (Å²) in [5.41, 5.74) is 3.29. The Labute approximate surface area is 120 Å². The molecule has 2 rings (SSSR count). The summed E-state index contributed by atoms with van der Waals surface area (Å²) in [6.07, 6.45) is 0. The molecule has 0 amide bonds. The van der Waals surface area contributed by atoms with Gasteiger partial charge in [-0.15, -0.1) is 0 Å². The number of aromatic nitrogens is 2. The monoisotopic (exact) mass is 295 g/mol. The highest BCUT2D eigenvalue weighted by Gasteiger charge is 2.11. The van der Waals surface area contributed by atoms with Gasteiger partial charge in [0.15, 0.2) is 5.82 Å². The fourth-order valence-corrected chi connectivity index (χ4v) is 2.27. The van der Waals surface area contributed by atoms with Crippen LogP contribution in [0.3, 0.4) is 0 Å². The Morgan fingerprint density at radius 1 is 1.05 bits per heavy atom. The highest BCUT2D eigenvalue weighted by molar-refractivity contribution is 7.99. The summed E-state index contributed by atoms with van der Waals surface area (Å²) in [5.74, 6) is -1.72. The molecule has 1 N–H and O–H groups in total. The van der Waals surface area contributed by atoms with Crippen LogP contribution in [0, 0.1) is 13.8 Å². The summed E-state index contributed by atoms with van der Waals surface area (Å²) in [6, 6.07) is 6.90. The van der Waals surface area contributed by atoms with E-state index in [4.69, 9.17) is 0 Å². The van der Waals surface area contributed by atoms with E-state index < -0.39 is 5.76 Å². The van der Waals surface area contributed by atoms with Gasteiger partial charge in [-0.05, 0) is 26.0 Å². The molecule has 1 aromatic carbocycles. The molecule has 1 heterocycles. The first kappa shape index (κ1) is 14.7. The number of aryl methyl sites for hydroxylation is 2. The largest absolute Gasteiger partial charge is 0.371 e. The van der Waals surface area contributed by atoms with Gasteiger partial charge in [0.05, 0.1) is 11.4 Å². The quantitative estimate of drug-likeness (QED) is 0.861. The molecule has 1 aromatic heterocycles. The molecule has 0 saturated carbocycles. The van der Waals surface area contributed by atoms with Crippen LogP contribution < -0.4 is 5.32 Å². The minimum atomic E-state index is -2.41. The number of hydrogen-bond donors (Lipinski definition) is 1. The molecular formula is C14H15F2N3S. The molecule has 0 fully saturated rings. The lowest BCUT2D eigenvalue weighted by Crippen LogP contribution is -2.02. The van der Waals surface area contributed by atoms with Crippen LogP contribution in [0.1, 0.15) is 11.4 Å². The van der Waals surface area contributed by atoms with Gasteiger partial charge in [0.2, 0.25) is 0 Å². The van der Waals surface area contributed by atoms with Crippen LogP contribution in [0.5, 0.6) is 0 Å². The van der Waals surface area contributed by atoms with Crippen molar-refractivity contribution in [2.24, 2.45) is 0 Å². The Kier molecular flexibility index (Phi) is 4.54. The van der Waals surface area contributed by atoms with Gasteiger partial charge in [-0.3, -0.25) is 0 Å². The van der Waals surface area contributed by atoms with Crippen LogP contribution in [-0.2, 0) is 0 Å². The molecule has 2 aromatic rings. The van der Waals surface area contributed by atoms with Crippen molar-refractivity contribution in [3.8, 4) is 11.3 Å². The molecule has 0 aliphatic heterocycles. The van der Waals surface area contributed by atoms with E-state index >= 15 is 0 Å². The van der Waals surface area contributed by atoms with Crippen molar-refractivity contribution in [3.63, 3.8) is 0 Å². The fraction of sp³-hybridized carbons (Fsp3) is 0.286. The molecule has 0 aliphatic rings. The number of anilines is 1. The Morgan fingerprint density at radius 3 is 2.20 bits per heavy atom. The van der Waals surface area contributed by atoms with Crippen molar-refractivity contribution in [1.82, 2.24) is 9.97 Å². The predicted molar refractivity (Wildman–Crippen MR) is 78.3 cm³/mol. The smallest absolute Gasteiger partial charge is 0.288 e. The van der Waals surface area contributed by atoms with E-state index in [1.165, 1.54) is 0 Å². The Balaban J connectivity index is 2.38. The fourth-order valence-electron chi connectivity index (χ4n) is 1.77. The van der Waals surface area contributed by atoms with Gasteiger partial charge in [0, 0.05) is 17.5 Å². The SMILES string of the molecule is CNc1nc(C)c(C)nc1-c1ccc(SC(F)F)cc1. The van der Waals surface area contributed by atoms with Crippen LogP contribution >= 0.6 is 11.8 Å². The van der Waals surface area contributed by atoms with Gasteiger partial charge in [-0.2, -0.15) is 8.78 Å². The minimum absolute atomic E-state index is 0.533. The average Bonchev–Trinajstić information content (AvgIpc) is 2.41. The second-order valence-electron chi connectivity index (χ2n) is 4.24. The van der Waals surface area contributed by atoms with Gasteiger partial charge >= 0.3 is 0 Å². The molecule has 0 radical (unpaired) electrons. The summed E-state index contributed by atoms with van der Waals surface area (Å²) in [4.78, 5) is 9.50. The predicted octanol–water partition coefficient (Wildman–Crippen LogP) is 4.12. The highest BCUT2D eigenvalue weighted by atomic mass is 32.2. The number of rotatable bonds is 4. The number of hydrogen-bond acceptors (Lipinski definition) is 4. The summed E-state index contributed by atoms with van der Waals surface area (Å²) in [5, 5.41) is 3.01. The van der Waals surface area contributed by atoms with Crippen LogP contribution in [0.25, 0.3) is 11.3 Å². The summed E-state index contributed by atoms with van der Waals surface area (Å²) < 4.78 is 24.6. The van der Waals surface area contributed by atoms with Gasteiger partial charge in [-0.25, -0.2) is 9.97 Å². The van der Waals surface area contributed by atoms with E-state index in [-0.39, 0.29) is 0 Å². The van der Waals surface area contributed by atoms with Crippen LogP contribution in [0.2, 0.25) is 0 Å². The number of thioether (sulfide) groups is 1. The minimum Gasteiger partial charge on any atom is -0.371 e. The van der Waals surface area contributed by atoms with Gasteiger partial charge in [-0.1, -0.05) is 23.9 Å². The van der Waals surface area contributed by atoms with Crippen molar-refractivity contribution in [2.45, 2.75) is 24.5 Å². The summed E-state index contributed by atoms with van der Waals surface area (Å²) in [6.45, 7) is 3.79. The first-order chi connectivity index (χ1) is 9.51. The molecule has 0 unspecified atom stereocenters. The molecule has 6 heteroatoms. The van der Waals surface area contributed by atoms with E-state index in [0.29, 0.717) is 22.5 Å². The maximum Gasteiger partial charge on any atom is 0.288 e. The van der Waals surface area contributed by atoms with E-state index in [2.05, 4.69) is 15.3 Å². The molecule has 20 heavy (non-hydrogen) atoms. The third-order valence-electron chi connectivity index (χ3n) is 2.90. The van der Waals surface area contributed by atoms with E-state index in [1.807, 2.05) is 13.8 Å². The zero-order chi connectivity index (χ0) is 14.7. The standard InChI is InChI=1S/C14H15F2N3S/c1-8-9(2)19-13(17-3)12(18-8)10-4-6-11(7-5-10)20-14(15)16/h4-7,14H,1-3H3,(H,17,19). The number of benzene rings is 1.